The lowest BCUT2D eigenvalue weighted by Gasteiger charge is -2.26. The van der Waals surface area contributed by atoms with E-state index in [2.05, 4.69) is 4.90 Å². The maximum Gasteiger partial charge on any atom is 0.306 e. The highest BCUT2D eigenvalue weighted by Gasteiger charge is 2.23. The molecule has 0 saturated carbocycles. The van der Waals surface area contributed by atoms with Crippen LogP contribution in [0.1, 0.15) is 46.0 Å². The number of halogens is 1. The third kappa shape index (κ3) is 6.82. The van der Waals surface area contributed by atoms with Gasteiger partial charge in [-0.25, -0.2) is 4.39 Å². The van der Waals surface area contributed by atoms with Crippen molar-refractivity contribution in [1.82, 2.24) is 4.90 Å². The van der Waals surface area contributed by atoms with Gasteiger partial charge in [0, 0.05) is 19.4 Å². The summed E-state index contributed by atoms with van der Waals surface area (Å²) in [5.41, 5.74) is 1.72. The monoisotopic (exact) mass is 369 g/mol. The smallest absolute Gasteiger partial charge is 0.306 e. The first-order valence-corrected chi connectivity index (χ1v) is 9.72. The third-order valence-corrected chi connectivity index (χ3v) is 4.87. The van der Waals surface area contributed by atoms with Crippen LogP contribution in [0, 0.1) is 0 Å². The lowest BCUT2D eigenvalue weighted by molar-refractivity contribution is -0.143. The maximum absolute atomic E-state index is 13.8. The van der Waals surface area contributed by atoms with Gasteiger partial charge in [-0.15, -0.1) is 0 Å². The predicted molar refractivity (Wildman–Crippen MR) is 98.6 cm³/mol. The first-order chi connectivity index (χ1) is 12.5. The second kappa shape index (κ2) is 10.8. The van der Waals surface area contributed by atoms with Crippen LogP contribution in [-0.4, -0.2) is 67.2 Å². The van der Waals surface area contributed by atoms with E-state index in [0.717, 1.165) is 24.2 Å². The Kier molecular flexibility index (Phi) is 8.75. The van der Waals surface area contributed by atoms with Crippen molar-refractivity contribution >= 4 is 5.97 Å². The molecule has 5 nitrogen and oxygen atoms in total. The standard InChI is InChI=1S/C20H32FNO4/c1-3-25-20(24)9-7-16-6-8-17(21)12-19(16)15(2)26-14-18(23)13-22-10-4-5-11-22/h6,12,15,17-18,23H,3-5,7-11,13-14H2,1-2H3/t15-,17?,18-/m1/s1. The van der Waals surface area contributed by atoms with Gasteiger partial charge in [0.1, 0.15) is 6.17 Å². The SMILES string of the molecule is CCOC(=O)CCC1=CCC(F)C=C1[C@@H](C)OC[C@H](O)CN1CCCC1. The van der Waals surface area contributed by atoms with Crippen LogP contribution in [0.5, 0.6) is 0 Å². The van der Waals surface area contributed by atoms with E-state index >= 15 is 0 Å². The number of allylic oxidation sites excluding steroid dienone is 2. The number of hydrogen-bond acceptors (Lipinski definition) is 5. The zero-order valence-corrected chi connectivity index (χ0v) is 16.0. The van der Waals surface area contributed by atoms with Crippen LogP contribution in [-0.2, 0) is 14.3 Å². The molecule has 0 bridgehead atoms. The van der Waals surface area contributed by atoms with Crippen molar-refractivity contribution in [2.24, 2.45) is 0 Å². The zero-order chi connectivity index (χ0) is 18.9. The fourth-order valence-corrected chi connectivity index (χ4v) is 3.52. The van der Waals surface area contributed by atoms with Crippen LogP contribution >= 0.6 is 0 Å². The van der Waals surface area contributed by atoms with Gasteiger partial charge < -0.3 is 19.5 Å². The third-order valence-electron chi connectivity index (χ3n) is 4.87. The number of β-amino-alcohol motifs (C(OH)–C–C–N with tert-alkyl or cyclic N) is 1. The van der Waals surface area contributed by atoms with Gasteiger partial charge >= 0.3 is 5.97 Å². The van der Waals surface area contributed by atoms with E-state index in [-0.39, 0.29) is 25.1 Å². The number of carbonyl (C=O) groups excluding carboxylic acids is 1. The van der Waals surface area contributed by atoms with Crippen molar-refractivity contribution in [3.8, 4) is 0 Å². The highest BCUT2D eigenvalue weighted by Crippen LogP contribution is 2.28. The lowest BCUT2D eigenvalue weighted by Crippen LogP contribution is -2.34. The Morgan fingerprint density at radius 2 is 2.15 bits per heavy atom. The number of esters is 1. The molecule has 0 aromatic heterocycles. The minimum Gasteiger partial charge on any atom is -0.466 e. The number of nitrogens with zero attached hydrogens (tertiary/aromatic N) is 1. The molecule has 3 atom stereocenters. The van der Waals surface area contributed by atoms with Crippen LogP contribution in [0.2, 0.25) is 0 Å². The molecule has 1 saturated heterocycles. The number of hydrogen-bond donors (Lipinski definition) is 1. The largest absolute Gasteiger partial charge is 0.466 e. The quantitative estimate of drug-likeness (QED) is 0.600. The Hall–Kier alpha value is -1.24. The molecule has 1 N–H and O–H groups in total. The van der Waals surface area contributed by atoms with Crippen molar-refractivity contribution < 1.29 is 23.8 Å². The Balaban J connectivity index is 1.83. The second-order valence-corrected chi connectivity index (χ2v) is 7.05. The van der Waals surface area contributed by atoms with Crippen molar-refractivity contribution in [1.29, 1.82) is 0 Å². The van der Waals surface area contributed by atoms with Crippen LogP contribution in [0.4, 0.5) is 4.39 Å². The molecule has 1 unspecified atom stereocenters. The maximum atomic E-state index is 13.8. The molecule has 0 aromatic rings. The number of ether oxygens (including phenoxy) is 2. The topological polar surface area (TPSA) is 59.0 Å². The molecule has 2 rings (SSSR count). The summed E-state index contributed by atoms with van der Waals surface area (Å²) in [6.07, 6.45) is 5.01. The van der Waals surface area contributed by atoms with Gasteiger partial charge in [0.25, 0.3) is 0 Å². The number of aliphatic hydroxyl groups is 1. The summed E-state index contributed by atoms with van der Waals surface area (Å²) in [5, 5.41) is 10.2. The number of alkyl halides is 1. The van der Waals surface area contributed by atoms with Crippen molar-refractivity contribution in [2.75, 3.05) is 32.8 Å². The molecule has 0 radical (unpaired) electrons. The minimum atomic E-state index is -1.03. The molecule has 1 heterocycles. The Labute approximate surface area is 155 Å². The average Bonchev–Trinajstić information content (AvgIpc) is 3.11. The van der Waals surface area contributed by atoms with E-state index in [1.807, 2.05) is 13.0 Å². The lowest BCUT2D eigenvalue weighted by atomic mass is 9.90. The molecular formula is C20H32FNO4. The molecular weight excluding hydrogens is 337 g/mol. The Morgan fingerprint density at radius 1 is 1.42 bits per heavy atom. The first kappa shape index (κ1) is 21.1. The van der Waals surface area contributed by atoms with Gasteiger partial charge in [0.2, 0.25) is 0 Å². The molecule has 6 heteroatoms. The summed E-state index contributed by atoms with van der Waals surface area (Å²) in [6, 6.07) is 0. The van der Waals surface area contributed by atoms with Gasteiger partial charge in [0.15, 0.2) is 0 Å². The number of carbonyl (C=O) groups is 1. The highest BCUT2D eigenvalue weighted by atomic mass is 19.1. The predicted octanol–water partition coefficient (Wildman–Crippen LogP) is 2.79. The Bertz CT molecular complexity index is 514. The summed E-state index contributed by atoms with van der Waals surface area (Å²) in [5.74, 6) is -0.246. The van der Waals surface area contributed by atoms with Crippen LogP contribution in [0.15, 0.2) is 23.3 Å². The van der Waals surface area contributed by atoms with Gasteiger partial charge in [-0.3, -0.25) is 4.79 Å². The molecule has 26 heavy (non-hydrogen) atoms. The normalized spacial score (nSPS) is 23.3. The van der Waals surface area contributed by atoms with Gasteiger partial charge in [-0.05, 0) is 63.4 Å². The summed E-state index contributed by atoms with van der Waals surface area (Å²) in [6.45, 7) is 6.90. The summed E-state index contributed by atoms with van der Waals surface area (Å²) in [7, 11) is 0. The van der Waals surface area contributed by atoms with Crippen LogP contribution < -0.4 is 0 Å². The minimum absolute atomic E-state index is 0.219. The highest BCUT2D eigenvalue weighted by molar-refractivity contribution is 5.70. The number of aliphatic hydroxyl groups excluding tert-OH is 1. The zero-order valence-electron chi connectivity index (χ0n) is 16.0. The summed E-state index contributed by atoms with van der Waals surface area (Å²) < 4.78 is 24.6. The molecule has 148 valence electrons. The van der Waals surface area contributed by atoms with Gasteiger partial charge in [-0.1, -0.05) is 6.08 Å². The van der Waals surface area contributed by atoms with E-state index in [4.69, 9.17) is 9.47 Å². The average molecular weight is 369 g/mol. The molecule has 0 aromatic carbocycles. The van der Waals surface area contributed by atoms with Gasteiger partial charge in [0.05, 0.1) is 25.4 Å². The molecule has 1 aliphatic heterocycles. The fourth-order valence-electron chi connectivity index (χ4n) is 3.52. The van der Waals surface area contributed by atoms with Crippen molar-refractivity contribution in [3.05, 3.63) is 23.3 Å². The summed E-state index contributed by atoms with van der Waals surface area (Å²) in [4.78, 5) is 13.8. The van der Waals surface area contributed by atoms with Crippen LogP contribution in [0.3, 0.4) is 0 Å². The first-order valence-electron chi connectivity index (χ1n) is 9.72. The van der Waals surface area contributed by atoms with Crippen LogP contribution in [0.25, 0.3) is 0 Å². The van der Waals surface area contributed by atoms with Crippen molar-refractivity contribution in [2.45, 2.75) is 64.3 Å². The molecule has 0 amide bonds. The fraction of sp³-hybridized carbons (Fsp3) is 0.750. The molecule has 0 spiro atoms. The molecule has 1 aliphatic carbocycles. The van der Waals surface area contributed by atoms with Crippen molar-refractivity contribution in [3.63, 3.8) is 0 Å². The Morgan fingerprint density at radius 3 is 2.85 bits per heavy atom. The molecule has 2 aliphatic rings. The van der Waals surface area contributed by atoms with E-state index < -0.39 is 12.3 Å². The summed E-state index contributed by atoms with van der Waals surface area (Å²) >= 11 is 0. The number of likely N-dealkylation sites (tertiary alicyclic amines) is 1. The molecule has 1 fully saturated rings. The van der Waals surface area contributed by atoms with E-state index in [1.54, 1.807) is 13.0 Å². The number of rotatable bonds is 10. The van der Waals surface area contributed by atoms with E-state index in [9.17, 15) is 14.3 Å². The van der Waals surface area contributed by atoms with E-state index in [0.29, 0.717) is 26.0 Å². The van der Waals surface area contributed by atoms with E-state index in [1.165, 1.54) is 12.8 Å². The second-order valence-electron chi connectivity index (χ2n) is 7.05. The van der Waals surface area contributed by atoms with Gasteiger partial charge in [-0.2, -0.15) is 0 Å².